The first-order chi connectivity index (χ1) is 26.5. The molecule has 4 nitrogen and oxygen atoms in total. The zero-order chi connectivity index (χ0) is 36.6. The van der Waals surface area contributed by atoms with E-state index in [1.165, 1.54) is 0 Å². The summed E-state index contributed by atoms with van der Waals surface area (Å²) in [6.45, 7) is 4.39. The maximum absolute atomic E-state index is 9.93. The number of ether oxygens (including phenoxy) is 1. The summed E-state index contributed by atoms with van der Waals surface area (Å²) in [5, 5.41) is 9.93. The molecule has 256 valence electrons. The number of hydrogen-bond acceptors (Lipinski definition) is 4. The lowest BCUT2D eigenvalue weighted by atomic mass is 9.74. The Labute approximate surface area is 315 Å². The molecule has 0 radical (unpaired) electrons. The average Bonchev–Trinajstić information content (AvgIpc) is 3.24. The Morgan fingerprint density at radius 1 is 0.444 bits per heavy atom. The Hall–Kier alpha value is -7.09. The lowest BCUT2D eigenvalue weighted by molar-refractivity contribution is 0.418. The summed E-state index contributed by atoms with van der Waals surface area (Å²) >= 11 is 0. The lowest BCUT2D eigenvalue weighted by Gasteiger charge is -2.35. The molecule has 0 atom stereocenters. The van der Waals surface area contributed by atoms with Crippen molar-refractivity contribution in [3.8, 4) is 84.9 Å². The zero-order valence-corrected chi connectivity index (χ0v) is 30.0. The Kier molecular flexibility index (Phi) is 8.18. The summed E-state index contributed by atoms with van der Waals surface area (Å²) in [5.41, 5.74) is 13.5. The molecule has 0 N–H and O–H groups in total. The minimum Gasteiger partial charge on any atom is -0.455 e. The Morgan fingerprint density at radius 3 is 1.69 bits per heavy atom. The van der Waals surface area contributed by atoms with Crippen LogP contribution in [0.25, 0.3) is 67.3 Å². The van der Waals surface area contributed by atoms with Crippen molar-refractivity contribution in [2.24, 2.45) is 0 Å². The van der Waals surface area contributed by atoms with Crippen LogP contribution in [0, 0.1) is 11.3 Å². The van der Waals surface area contributed by atoms with E-state index in [-0.39, 0.29) is 5.41 Å². The highest BCUT2D eigenvalue weighted by Gasteiger charge is 2.36. The van der Waals surface area contributed by atoms with Crippen LogP contribution in [0.15, 0.2) is 176 Å². The normalized spacial score (nSPS) is 12.5. The number of para-hydroxylation sites is 2. The minimum absolute atomic E-state index is 0.339. The highest BCUT2D eigenvalue weighted by molar-refractivity contribution is 5.85. The summed E-state index contributed by atoms with van der Waals surface area (Å²) in [6.07, 6.45) is 0. The minimum atomic E-state index is -0.339. The zero-order valence-electron chi connectivity index (χ0n) is 30.0. The summed E-state index contributed by atoms with van der Waals surface area (Å²) in [4.78, 5) is 10.3. The van der Waals surface area contributed by atoms with Crippen LogP contribution in [0.3, 0.4) is 0 Å². The van der Waals surface area contributed by atoms with E-state index in [4.69, 9.17) is 14.7 Å². The molecule has 0 unspecified atom stereocenters. The molecule has 8 aromatic rings. The van der Waals surface area contributed by atoms with Crippen LogP contribution in [0.5, 0.6) is 11.5 Å². The number of nitriles is 1. The van der Waals surface area contributed by atoms with Crippen molar-refractivity contribution in [1.29, 1.82) is 5.26 Å². The molecule has 1 aromatic heterocycles. The fraction of sp³-hybridized carbons (Fsp3) is 0.0600. The lowest BCUT2D eigenvalue weighted by Crippen LogP contribution is -2.25. The van der Waals surface area contributed by atoms with Crippen molar-refractivity contribution in [3.63, 3.8) is 0 Å². The van der Waals surface area contributed by atoms with Gasteiger partial charge in [0.2, 0.25) is 0 Å². The predicted octanol–water partition coefficient (Wildman–Crippen LogP) is 12.8. The van der Waals surface area contributed by atoms with Gasteiger partial charge in [-0.1, -0.05) is 166 Å². The SMILES string of the molecule is CC1(C)c2cccc(C#N)c2Oc2c(-c3cccc(-c4cccc(-c5cc(-c6ccccc6-c6ccccc6)nc(-c6ccccc6)n5)c4)c3)cccc21. The number of benzene rings is 7. The number of nitrogens with zero attached hydrogens (tertiary/aromatic N) is 3. The molecule has 0 aliphatic carbocycles. The smallest absolute Gasteiger partial charge is 0.160 e. The Bertz CT molecular complexity index is 2730. The highest BCUT2D eigenvalue weighted by atomic mass is 16.5. The summed E-state index contributed by atoms with van der Waals surface area (Å²) in [5.74, 6) is 2.11. The summed E-state index contributed by atoms with van der Waals surface area (Å²) in [7, 11) is 0. The standard InChI is InChI=1S/C50H35N3O/c1-50(2)43-27-13-23-39(32-51)47(43)54-48-41(26-14-28-44(48)50)37-21-11-19-35(29-37)36-20-12-22-38(30-36)45-31-46(53-49(52-45)34-17-7-4-8-18-34)42-25-10-9-24-40(42)33-15-5-3-6-16-33/h3-31H,1-2H3. The second-order valence-electron chi connectivity index (χ2n) is 14.1. The molecule has 7 aromatic carbocycles. The van der Waals surface area contributed by atoms with Crippen molar-refractivity contribution in [1.82, 2.24) is 9.97 Å². The monoisotopic (exact) mass is 693 g/mol. The van der Waals surface area contributed by atoms with Crippen LogP contribution in [-0.4, -0.2) is 9.97 Å². The van der Waals surface area contributed by atoms with Gasteiger partial charge in [-0.15, -0.1) is 0 Å². The van der Waals surface area contributed by atoms with Gasteiger partial charge in [0.1, 0.15) is 17.6 Å². The van der Waals surface area contributed by atoms with Gasteiger partial charge in [0.15, 0.2) is 5.82 Å². The van der Waals surface area contributed by atoms with Crippen molar-refractivity contribution >= 4 is 0 Å². The Balaban J connectivity index is 1.14. The fourth-order valence-electron chi connectivity index (χ4n) is 7.59. The molecular formula is C50H35N3O. The molecule has 0 saturated heterocycles. The molecule has 1 aliphatic rings. The first-order valence-electron chi connectivity index (χ1n) is 18.1. The van der Waals surface area contributed by atoms with E-state index < -0.39 is 0 Å². The van der Waals surface area contributed by atoms with E-state index in [0.29, 0.717) is 17.1 Å². The molecule has 0 amide bonds. The molecule has 54 heavy (non-hydrogen) atoms. The van der Waals surface area contributed by atoms with E-state index in [1.54, 1.807) is 0 Å². The molecule has 0 spiro atoms. The van der Waals surface area contributed by atoms with Gasteiger partial charge in [-0.25, -0.2) is 9.97 Å². The fourth-order valence-corrected chi connectivity index (χ4v) is 7.59. The molecule has 0 bridgehead atoms. The molecular weight excluding hydrogens is 659 g/mol. The van der Waals surface area contributed by atoms with E-state index in [1.807, 2.05) is 36.4 Å². The molecule has 0 fully saturated rings. The topological polar surface area (TPSA) is 58.8 Å². The van der Waals surface area contributed by atoms with Gasteiger partial charge in [0.05, 0.1) is 17.0 Å². The highest BCUT2D eigenvalue weighted by Crippen LogP contribution is 2.52. The summed E-state index contributed by atoms with van der Waals surface area (Å²) in [6, 6.07) is 62.8. The second kappa shape index (κ2) is 13.5. The van der Waals surface area contributed by atoms with Gasteiger partial charge in [0, 0.05) is 38.8 Å². The van der Waals surface area contributed by atoms with Crippen molar-refractivity contribution in [2.75, 3.05) is 0 Å². The largest absolute Gasteiger partial charge is 0.455 e. The third-order valence-corrected chi connectivity index (χ3v) is 10.4. The van der Waals surface area contributed by atoms with E-state index in [0.717, 1.165) is 78.3 Å². The molecule has 4 heteroatoms. The Morgan fingerprint density at radius 2 is 0.963 bits per heavy atom. The van der Waals surface area contributed by atoms with Crippen molar-refractivity contribution in [3.05, 3.63) is 193 Å². The molecule has 0 saturated carbocycles. The number of hydrogen-bond donors (Lipinski definition) is 0. The first-order valence-corrected chi connectivity index (χ1v) is 18.1. The van der Waals surface area contributed by atoms with E-state index in [9.17, 15) is 5.26 Å². The maximum Gasteiger partial charge on any atom is 0.160 e. The number of rotatable bonds is 6. The first kappa shape index (κ1) is 32.8. The predicted molar refractivity (Wildman–Crippen MR) is 218 cm³/mol. The molecule has 1 aliphatic heterocycles. The van der Waals surface area contributed by atoms with Gasteiger partial charge in [-0.3, -0.25) is 0 Å². The van der Waals surface area contributed by atoms with Gasteiger partial charge in [-0.05, 0) is 52.1 Å². The van der Waals surface area contributed by atoms with Crippen LogP contribution in [0.4, 0.5) is 0 Å². The maximum atomic E-state index is 9.93. The van der Waals surface area contributed by atoms with Crippen LogP contribution < -0.4 is 4.74 Å². The van der Waals surface area contributed by atoms with E-state index >= 15 is 0 Å². The van der Waals surface area contributed by atoms with Crippen LogP contribution >= 0.6 is 0 Å². The second-order valence-corrected chi connectivity index (χ2v) is 14.1. The average molecular weight is 694 g/mol. The summed E-state index contributed by atoms with van der Waals surface area (Å²) < 4.78 is 6.64. The molecule has 2 heterocycles. The third kappa shape index (κ3) is 5.83. The quantitative estimate of drug-likeness (QED) is 0.174. The van der Waals surface area contributed by atoms with Gasteiger partial charge < -0.3 is 4.74 Å². The van der Waals surface area contributed by atoms with Crippen molar-refractivity contribution < 1.29 is 4.74 Å². The van der Waals surface area contributed by atoms with Crippen LogP contribution in [-0.2, 0) is 5.41 Å². The van der Waals surface area contributed by atoms with Crippen molar-refractivity contribution in [2.45, 2.75) is 19.3 Å². The van der Waals surface area contributed by atoms with Gasteiger partial charge in [-0.2, -0.15) is 5.26 Å². The molecule has 9 rings (SSSR count). The van der Waals surface area contributed by atoms with Crippen LogP contribution in [0.2, 0.25) is 0 Å². The number of fused-ring (bicyclic) bond motifs is 2. The van der Waals surface area contributed by atoms with Gasteiger partial charge in [0.25, 0.3) is 0 Å². The third-order valence-electron chi connectivity index (χ3n) is 10.4. The van der Waals surface area contributed by atoms with Crippen LogP contribution in [0.1, 0.15) is 30.5 Å². The van der Waals surface area contributed by atoms with Gasteiger partial charge >= 0.3 is 0 Å². The number of aromatic nitrogens is 2. The van der Waals surface area contributed by atoms with E-state index in [2.05, 4.69) is 159 Å².